The maximum atomic E-state index is 13.2. The number of anilines is 1. The lowest BCUT2D eigenvalue weighted by Gasteiger charge is -2.13. The summed E-state index contributed by atoms with van der Waals surface area (Å²) in [7, 11) is 1.77. The van der Waals surface area contributed by atoms with Gasteiger partial charge in [-0.2, -0.15) is 5.26 Å². The predicted octanol–water partition coefficient (Wildman–Crippen LogP) is 2.55. The van der Waals surface area contributed by atoms with Crippen LogP contribution in [0.15, 0.2) is 30.3 Å². The lowest BCUT2D eigenvalue weighted by molar-refractivity contribution is 0.618. The molecular formula is C14H13FN4. The van der Waals surface area contributed by atoms with Crippen LogP contribution in [0.1, 0.15) is 5.56 Å². The lowest BCUT2D eigenvalue weighted by Crippen LogP contribution is -2.18. The number of nitrogens with zero attached hydrogens (tertiary/aromatic N) is 4. The summed E-state index contributed by atoms with van der Waals surface area (Å²) >= 11 is 0. The second-order valence-electron chi connectivity index (χ2n) is 4.25. The molecule has 0 fully saturated rings. The van der Waals surface area contributed by atoms with E-state index in [1.54, 1.807) is 37.1 Å². The average Bonchev–Trinajstić information content (AvgIpc) is 2.42. The molecular weight excluding hydrogens is 243 g/mol. The average molecular weight is 256 g/mol. The van der Waals surface area contributed by atoms with Gasteiger partial charge in [-0.15, -0.1) is 10.2 Å². The molecule has 1 heterocycles. The van der Waals surface area contributed by atoms with Crippen LogP contribution in [0.2, 0.25) is 0 Å². The van der Waals surface area contributed by atoms with E-state index in [0.717, 1.165) is 5.56 Å². The number of hydrogen-bond donors (Lipinski definition) is 0. The van der Waals surface area contributed by atoms with E-state index >= 15 is 0 Å². The molecule has 0 atom stereocenters. The van der Waals surface area contributed by atoms with Crippen molar-refractivity contribution in [2.45, 2.75) is 6.92 Å². The van der Waals surface area contributed by atoms with Gasteiger partial charge in [0, 0.05) is 12.6 Å². The van der Waals surface area contributed by atoms with Crippen molar-refractivity contribution in [3.05, 3.63) is 41.7 Å². The Morgan fingerprint density at radius 1 is 1.26 bits per heavy atom. The Labute approximate surface area is 111 Å². The Balaban J connectivity index is 2.27. The van der Waals surface area contributed by atoms with E-state index in [0.29, 0.717) is 17.1 Å². The number of aromatic nitrogens is 2. The molecule has 1 aromatic carbocycles. The van der Waals surface area contributed by atoms with Gasteiger partial charge >= 0.3 is 0 Å². The van der Waals surface area contributed by atoms with Gasteiger partial charge in [-0.25, -0.2) is 4.39 Å². The van der Waals surface area contributed by atoms with Gasteiger partial charge in [0.05, 0.1) is 11.8 Å². The number of aryl methyl sites for hydroxylation is 1. The topological polar surface area (TPSA) is 52.8 Å². The summed E-state index contributed by atoms with van der Waals surface area (Å²) in [5, 5.41) is 16.8. The lowest BCUT2D eigenvalue weighted by atomic mass is 10.1. The molecule has 0 aliphatic rings. The van der Waals surface area contributed by atoms with E-state index in [9.17, 15) is 4.39 Å². The number of rotatable bonds is 3. The molecule has 0 N–H and O–H groups in total. The van der Waals surface area contributed by atoms with Crippen LogP contribution in [0.4, 0.5) is 10.2 Å². The smallest absolute Gasteiger partial charge is 0.151 e. The first-order chi connectivity index (χ1) is 9.11. The van der Waals surface area contributed by atoms with Gasteiger partial charge in [0.15, 0.2) is 5.82 Å². The molecule has 96 valence electrons. The maximum absolute atomic E-state index is 13.2. The molecule has 0 aliphatic carbocycles. The largest absolute Gasteiger partial charge is 0.345 e. The van der Waals surface area contributed by atoms with Crippen molar-refractivity contribution in [2.75, 3.05) is 18.5 Å². The van der Waals surface area contributed by atoms with Crippen LogP contribution in [0, 0.1) is 24.1 Å². The van der Waals surface area contributed by atoms with Crippen LogP contribution < -0.4 is 4.90 Å². The molecule has 0 saturated carbocycles. The molecule has 0 radical (unpaired) electrons. The van der Waals surface area contributed by atoms with Gasteiger partial charge in [-0.05, 0) is 42.8 Å². The second kappa shape index (κ2) is 5.44. The van der Waals surface area contributed by atoms with Crippen molar-refractivity contribution < 1.29 is 4.39 Å². The van der Waals surface area contributed by atoms with Crippen molar-refractivity contribution in [2.24, 2.45) is 0 Å². The molecule has 0 saturated heterocycles. The quantitative estimate of drug-likeness (QED) is 0.792. The van der Waals surface area contributed by atoms with Gasteiger partial charge in [0.1, 0.15) is 12.4 Å². The van der Waals surface area contributed by atoms with Crippen LogP contribution in [-0.2, 0) is 0 Å². The Kier molecular flexibility index (Phi) is 3.71. The Hall–Kier alpha value is -2.48. The number of benzene rings is 1. The van der Waals surface area contributed by atoms with Gasteiger partial charge < -0.3 is 4.90 Å². The van der Waals surface area contributed by atoms with Crippen LogP contribution in [0.5, 0.6) is 0 Å². The number of hydrogen-bond acceptors (Lipinski definition) is 4. The third-order valence-corrected chi connectivity index (χ3v) is 2.80. The van der Waals surface area contributed by atoms with Crippen LogP contribution >= 0.6 is 0 Å². The highest BCUT2D eigenvalue weighted by molar-refractivity contribution is 5.60. The molecule has 19 heavy (non-hydrogen) atoms. The first-order valence-electron chi connectivity index (χ1n) is 5.80. The van der Waals surface area contributed by atoms with Gasteiger partial charge in [0.2, 0.25) is 0 Å². The van der Waals surface area contributed by atoms with Gasteiger partial charge in [-0.1, -0.05) is 0 Å². The first kappa shape index (κ1) is 13.0. The van der Waals surface area contributed by atoms with Crippen molar-refractivity contribution in [1.29, 1.82) is 5.26 Å². The summed E-state index contributed by atoms with van der Waals surface area (Å²) in [4.78, 5) is 1.70. The molecule has 0 bridgehead atoms. The van der Waals surface area contributed by atoms with Gasteiger partial charge in [-0.3, -0.25) is 0 Å². The Bertz CT molecular complexity index is 616. The summed E-state index contributed by atoms with van der Waals surface area (Å²) in [6.45, 7) is 1.96. The zero-order valence-corrected chi connectivity index (χ0v) is 10.8. The first-order valence-corrected chi connectivity index (χ1v) is 5.80. The van der Waals surface area contributed by atoms with Crippen molar-refractivity contribution in [3.63, 3.8) is 0 Å². The highest BCUT2D eigenvalue weighted by atomic mass is 19.1. The van der Waals surface area contributed by atoms with Crippen LogP contribution in [0.3, 0.4) is 0 Å². The third kappa shape index (κ3) is 2.86. The van der Waals surface area contributed by atoms with E-state index in [1.165, 1.54) is 6.07 Å². The predicted molar refractivity (Wildman–Crippen MR) is 71.0 cm³/mol. The fraction of sp³-hybridized carbons (Fsp3) is 0.214. The minimum Gasteiger partial charge on any atom is -0.345 e. The van der Waals surface area contributed by atoms with Crippen molar-refractivity contribution >= 4 is 5.82 Å². The number of halogens is 1. The van der Waals surface area contributed by atoms with E-state index in [2.05, 4.69) is 10.2 Å². The van der Waals surface area contributed by atoms with Gasteiger partial charge in [0.25, 0.3) is 0 Å². The summed E-state index contributed by atoms with van der Waals surface area (Å²) in [5.41, 5.74) is 2.07. The molecule has 0 unspecified atom stereocenters. The minimum atomic E-state index is -0.234. The SMILES string of the molecule is Cc1cc(-c2ccc(N(C)CC#N)nn2)ccc1F. The zero-order chi connectivity index (χ0) is 13.8. The standard InChI is InChI=1S/C14H13FN4/c1-10-9-11(3-4-12(10)15)13-5-6-14(18-17-13)19(2)8-7-16/h3-6,9H,8H2,1-2H3. The molecule has 2 aromatic rings. The molecule has 4 nitrogen and oxygen atoms in total. The Morgan fingerprint density at radius 3 is 2.63 bits per heavy atom. The summed E-state index contributed by atoms with van der Waals surface area (Å²) < 4.78 is 13.2. The van der Waals surface area contributed by atoms with E-state index < -0.39 is 0 Å². The number of nitriles is 1. The summed E-state index contributed by atoms with van der Waals surface area (Å²) in [6, 6.07) is 10.5. The van der Waals surface area contributed by atoms with E-state index in [4.69, 9.17) is 5.26 Å². The molecule has 0 aliphatic heterocycles. The molecule has 0 amide bonds. The third-order valence-electron chi connectivity index (χ3n) is 2.80. The van der Waals surface area contributed by atoms with Crippen molar-refractivity contribution in [3.8, 4) is 17.3 Å². The van der Waals surface area contributed by atoms with Crippen LogP contribution in [-0.4, -0.2) is 23.8 Å². The second-order valence-corrected chi connectivity index (χ2v) is 4.25. The molecule has 5 heteroatoms. The minimum absolute atomic E-state index is 0.234. The van der Waals surface area contributed by atoms with E-state index in [-0.39, 0.29) is 12.4 Å². The molecule has 1 aromatic heterocycles. The zero-order valence-electron chi connectivity index (χ0n) is 10.8. The van der Waals surface area contributed by atoms with Crippen LogP contribution in [0.25, 0.3) is 11.3 Å². The fourth-order valence-electron chi connectivity index (χ4n) is 1.67. The Morgan fingerprint density at radius 2 is 2.05 bits per heavy atom. The fourth-order valence-corrected chi connectivity index (χ4v) is 1.67. The van der Waals surface area contributed by atoms with Crippen molar-refractivity contribution in [1.82, 2.24) is 10.2 Å². The normalized spacial score (nSPS) is 10.0. The van der Waals surface area contributed by atoms with E-state index in [1.807, 2.05) is 12.1 Å². The highest BCUT2D eigenvalue weighted by Crippen LogP contribution is 2.20. The molecule has 0 spiro atoms. The maximum Gasteiger partial charge on any atom is 0.151 e. The monoisotopic (exact) mass is 256 g/mol. The summed E-state index contributed by atoms with van der Waals surface area (Å²) in [5.74, 6) is 0.395. The summed E-state index contributed by atoms with van der Waals surface area (Å²) in [6.07, 6.45) is 0. The highest BCUT2D eigenvalue weighted by Gasteiger charge is 2.06. The molecule has 2 rings (SSSR count).